The van der Waals surface area contributed by atoms with E-state index in [-0.39, 0.29) is 17.7 Å². The Morgan fingerprint density at radius 3 is 2.62 bits per heavy atom. The lowest BCUT2D eigenvalue weighted by Gasteiger charge is -2.31. The molecular formula is C24H33N3O4S. The van der Waals surface area contributed by atoms with Gasteiger partial charge in [-0.3, -0.25) is 9.59 Å². The number of benzene rings is 1. The fourth-order valence-electron chi connectivity index (χ4n) is 3.78. The summed E-state index contributed by atoms with van der Waals surface area (Å²) < 4.78 is 11.3. The van der Waals surface area contributed by atoms with Crippen LogP contribution in [0.25, 0.3) is 0 Å². The zero-order chi connectivity index (χ0) is 22.9. The van der Waals surface area contributed by atoms with Crippen LogP contribution in [0, 0.1) is 12.8 Å². The van der Waals surface area contributed by atoms with Gasteiger partial charge in [0.1, 0.15) is 0 Å². The van der Waals surface area contributed by atoms with Gasteiger partial charge < -0.3 is 19.7 Å². The van der Waals surface area contributed by atoms with Gasteiger partial charge in [-0.1, -0.05) is 26.2 Å². The minimum atomic E-state index is -0.110. The van der Waals surface area contributed by atoms with Gasteiger partial charge in [0.15, 0.2) is 16.6 Å². The molecule has 0 spiro atoms. The lowest BCUT2D eigenvalue weighted by molar-refractivity contribution is -0.121. The van der Waals surface area contributed by atoms with Crippen LogP contribution in [0.2, 0.25) is 0 Å². The molecule has 2 heterocycles. The molecule has 1 aliphatic rings. The number of aryl methyl sites for hydroxylation is 1. The van der Waals surface area contributed by atoms with Gasteiger partial charge >= 0.3 is 0 Å². The van der Waals surface area contributed by atoms with Crippen molar-refractivity contribution in [3.05, 3.63) is 34.8 Å². The molecule has 174 valence electrons. The number of thiazole rings is 1. The number of carbonyl (C=O) groups excluding carboxylic acids is 2. The highest BCUT2D eigenvalue weighted by Gasteiger charge is 2.28. The van der Waals surface area contributed by atoms with Crippen LogP contribution in [0.4, 0.5) is 5.13 Å². The second kappa shape index (κ2) is 11.9. The Morgan fingerprint density at radius 2 is 1.97 bits per heavy atom. The third kappa shape index (κ3) is 6.45. The van der Waals surface area contributed by atoms with Crippen molar-refractivity contribution in [2.24, 2.45) is 5.92 Å². The van der Waals surface area contributed by atoms with E-state index in [1.807, 2.05) is 18.4 Å². The highest BCUT2D eigenvalue weighted by atomic mass is 32.1. The monoisotopic (exact) mass is 459 g/mol. The number of amides is 2. The van der Waals surface area contributed by atoms with Gasteiger partial charge in [0.05, 0.1) is 19.4 Å². The number of ether oxygens (including phenoxy) is 2. The summed E-state index contributed by atoms with van der Waals surface area (Å²) in [6.07, 6.45) is 5.82. The molecule has 1 aromatic carbocycles. The molecule has 7 nitrogen and oxygen atoms in total. The van der Waals surface area contributed by atoms with Crippen LogP contribution in [0.15, 0.2) is 23.6 Å². The number of nitrogens with one attached hydrogen (secondary N) is 1. The van der Waals surface area contributed by atoms with Crippen molar-refractivity contribution in [1.29, 1.82) is 0 Å². The molecule has 1 aromatic heterocycles. The standard InChI is InChI=1S/C24H33N3O4S/c1-4-5-6-7-14-31-20-9-8-19(15-21(20)30-3)23(29)27-12-10-18(11-13-27)22(28)26-24-25-17(2)16-32-24/h8-9,15-16,18H,4-7,10-14H2,1-3H3,(H,25,26,28). The first-order valence-electron chi connectivity index (χ1n) is 11.3. The number of anilines is 1. The summed E-state index contributed by atoms with van der Waals surface area (Å²) in [5, 5.41) is 5.43. The van der Waals surface area contributed by atoms with E-state index >= 15 is 0 Å². The molecule has 32 heavy (non-hydrogen) atoms. The SMILES string of the molecule is CCCCCCOc1ccc(C(=O)N2CCC(C(=O)Nc3nc(C)cs3)CC2)cc1OC. The average Bonchev–Trinajstić information content (AvgIpc) is 3.23. The quantitative estimate of drug-likeness (QED) is 0.511. The van der Waals surface area contributed by atoms with Crippen molar-refractivity contribution in [3.63, 3.8) is 0 Å². The molecule has 1 saturated heterocycles. The summed E-state index contributed by atoms with van der Waals surface area (Å²) in [4.78, 5) is 31.6. The summed E-state index contributed by atoms with van der Waals surface area (Å²) in [6.45, 7) is 5.81. The van der Waals surface area contributed by atoms with Gasteiger partial charge in [0, 0.05) is 30.0 Å². The molecule has 0 atom stereocenters. The Bertz CT molecular complexity index is 906. The topological polar surface area (TPSA) is 80.8 Å². The van der Waals surface area contributed by atoms with Gasteiger partial charge in [-0.05, 0) is 44.4 Å². The van der Waals surface area contributed by atoms with Crippen molar-refractivity contribution in [2.75, 3.05) is 32.1 Å². The molecule has 2 amide bonds. The van der Waals surface area contributed by atoms with Gasteiger partial charge in [-0.2, -0.15) is 0 Å². The Labute approximate surface area is 194 Å². The first kappa shape index (κ1) is 24.0. The van der Waals surface area contributed by atoms with E-state index in [4.69, 9.17) is 9.47 Å². The number of methoxy groups -OCH3 is 1. The zero-order valence-corrected chi connectivity index (χ0v) is 20.0. The average molecular weight is 460 g/mol. The highest BCUT2D eigenvalue weighted by molar-refractivity contribution is 7.13. The normalized spacial score (nSPS) is 14.3. The molecule has 2 aromatic rings. The van der Waals surface area contributed by atoms with Crippen molar-refractivity contribution in [1.82, 2.24) is 9.88 Å². The molecule has 1 fully saturated rings. The maximum Gasteiger partial charge on any atom is 0.253 e. The van der Waals surface area contributed by atoms with Crippen LogP contribution in [0.3, 0.4) is 0 Å². The summed E-state index contributed by atoms with van der Waals surface area (Å²) >= 11 is 1.43. The zero-order valence-electron chi connectivity index (χ0n) is 19.2. The predicted molar refractivity (Wildman–Crippen MR) is 127 cm³/mol. The minimum Gasteiger partial charge on any atom is -0.493 e. The lowest BCUT2D eigenvalue weighted by atomic mass is 9.95. The van der Waals surface area contributed by atoms with Crippen molar-refractivity contribution in [2.45, 2.75) is 52.4 Å². The second-order valence-electron chi connectivity index (χ2n) is 8.12. The molecule has 0 bridgehead atoms. The molecular weight excluding hydrogens is 426 g/mol. The summed E-state index contributed by atoms with van der Waals surface area (Å²) in [6, 6.07) is 5.34. The van der Waals surface area contributed by atoms with E-state index in [1.165, 1.54) is 24.2 Å². The van der Waals surface area contributed by atoms with Crippen LogP contribution in [-0.4, -0.2) is 48.5 Å². The van der Waals surface area contributed by atoms with Crippen LogP contribution >= 0.6 is 11.3 Å². The fraction of sp³-hybridized carbons (Fsp3) is 0.542. The van der Waals surface area contributed by atoms with E-state index in [0.717, 1.165) is 18.5 Å². The smallest absolute Gasteiger partial charge is 0.253 e. The number of carbonyl (C=O) groups is 2. The number of likely N-dealkylation sites (tertiary alicyclic amines) is 1. The van der Waals surface area contributed by atoms with Gasteiger partial charge in [-0.15, -0.1) is 11.3 Å². The van der Waals surface area contributed by atoms with E-state index in [0.29, 0.717) is 54.7 Å². The summed E-state index contributed by atoms with van der Waals surface area (Å²) in [5.74, 6) is 1.05. The minimum absolute atomic E-state index is 0.0199. The molecule has 1 N–H and O–H groups in total. The highest BCUT2D eigenvalue weighted by Crippen LogP contribution is 2.30. The Kier molecular flexibility index (Phi) is 8.90. The number of aromatic nitrogens is 1. The number of hydrogen-bond acceptors (Lipinski definition) is 6. The fourth-order valence-corrected chi connectivity index (χ4v) is 4.47. The first-order chi connectivity index (χ1) is 15.5. The van der Waals surface area contributed by atoms with Gasteiger partial charge in [-0.25, -0.2) is 4.98 Å². The van der Waals surface area contributed by atoms with Gasteiger partial charge in [0.2, 0.25) is 5.91 Å². The summed E-state index contributed by atoms with van der Waals surface area (Å²) in [7, 11) is 1.58. The molecule has 3 rings (SSSR count). The first-order valence-corrected chi connectivity index (χ1v) is 12.2. The number of nitrogens with zero attached hydrogens (tertiary/aromatic N) is 2. The van der Waals surface area contributed by atoms with Crippen molar-refractivity contribution >= 4 is 28.3 Å². The largest absolute Gasteiger partial charge is 0.493 e. The van der Waals surface area contributed by atoms with Gasteiger partial charge in [0.25, 0.3) is 5.91 Å². The van der Waals surface area contributed by atoms with Crippen molar-refractivity contribution in [3.8, 4) is 11.5 Å². The number of hydrogen-bond donors (Lipinski definition) is 1. The van der Waals surface area contributed by atoms with Crippen LogP contribution in [0.5, 0.6) is 11.5 Å². The third-order valence-corrected chi connectivity index (χ3v) is 6.54. The van der Waals surface area contributed by atoms with Crippen LogP contribution in [-0.2, 0) is 4.79 Å². The third-order valence-electron chi connectivity index (χ3n) is 5.67. The maximum atomic E-state index is 13.0. The Hall–Kier alpha value is -2.61. The second-order valence-corrected chi connectivity index (χ2v) is 8.98. The number of piperidine rings is 1. The lowest BCUT2D eigenvalue weighted by Crippen LogP contribution is -2.41. The predicted octanol–water partition coefficient (Wildman–Crippen LogP) is 4.91. The maximum absolute atomic E-state index is 13.0. The van der Waals surface area contributed by atoms with E-state index in [2.05, 4.69) is 17.2 Å². The van der Waals surface area contributed by atoms with E-state index in [9.17, 15) is 9.59 Å². The van der Waals surface area contributed by atoms with Crippen LogP contribution < -0.4 is 14.8 Å². The molecule has 0 saturated carbocycles. The number of unbranched alkanes of at least 4 members (excludes halogenated alkanes) is 3. The van der Waals surface area contributed by atoms with E-state index < -0.39 is 0 Å². The Morgan fingerprint density at radius 1 is 1.19 bits per heavy atom. The molecule has 0 unspecified atom stereocenters. The summed E-state index contributed by atoms with van der Waals surface area (Å²) in [5.41, 5.74) is 1.47. The molecule has 0 aliphatic carbocycles. The van der Waals surface area contributed by atoms with Crippen LogP contribution in [0.1, 0.15) is 61.5 Å². The van der Waals surface area contributed by atoms with Crippen molar-refractivity contribution < 1.29 is 19.1 Å². The molecule has 8 heteroatoms. The molecule has 0 radical (unpaired) electrons. The Balaban J connectivity index is 1.52. The van der Waals surface area contributed by atoms with E-state index in [1.54, 1.807) is 24.1 Å². The number of rotatable bonds is 10. The molecule has 1 aliphatic heterocycles.